The first-order valence-corrected chi connectivity index (χ1v) is 4.08. The average Bonchev–Trinajstić information content (AvgIpc) is 1.98. The van der Waals surface area contributed by atoms with Gasteiger partial charge < -0.3 is 10.6 Å². The minimum atomic E-state index is -0.332. The Labute approximate surface area is 74.2 Å². The Balaban J connectivity index is 3.96. The first-order valence-electron chi connectivity index (χ1n) is 4.08. The van der Waals surface area contributed by atoms with Crippen molar-refractivity contribution in [2.45, 2.75) is 26.3 Å². The summed E-state index contributed by atoms with van der Waals surface area (Å²) < 4.78 is 0. The van der Waals surface area contributed by atoms with E-state index < -0.39 is 0 Å². The fourth-order valence-electron chi connectivity index (χ4n) is 0.659. The molecule has 0 aromatic carbocycles. The second kappa shape index (κ2) is 4.93. The molecular weight excluding hydrogens is 152 g/mol. The van der Waals surface area contributed by atoms with Gasteiger partial charge in [0.2, 0.25) is 5.91 Å². The van der Waals surface area contributed by atoms with Gasteiger partial charge in [0.15, 0.2) is 0 Å². The fourth-order valence-corrected chi connectivity index (χ4v) is 0.659. The van der Waals surface area contributed by atoms with Crippen LogP contribution in [-0.4, -0.2) is 30.9 Å². The Hall–Kier alpha value is -0.830. The van der Waals surface area contributed by atoms with E-state index in [9.17, 15) is 4.79 Å². The van der Waals surface area contributed by atoms with Crippen LogP contribution in [0, 0.1) is 0 Å². The van der Waals surface area contributed by atoms with Crippen LogP contribution in [-0.2, 0) is 4.79 Å². The summed E-state index contributed by atoms with van der Waals surface area (Å²) in [6.07, 6.45) is 2.74. The van der Waals surface area contributed by atoms with E-state index in [4.69, 9.17) is 5.73 Å². The van der Waals surface area contributed by atoms with Gasteiger partial charge in [0.25, 0.3) is 0 Å². The van der Waals surface area contributed by atoms with Crippen LogP contribution in [0.25, 0.3) is 0 Å². The molecule has 3 heteroatoms. The van der Waals surface area contributed by atoms with Gasteiger partial charge in [-0.25, -0.2) is 0 Å². The molecule has 0 radical (unpaired) electrons. The average molecular weight is 170 g/mol. The number of carbonyl (C=O) groups is 1. The van der Waals surface area contributed by atoms with Crippen LogP contribution in [0.1, 0.15) is 20.3 Å². The highest BCUT2D eigenvalue weighted by Gasteiger charge is 2.03. The van der Waals surface area contributed by atoms with Crippen molar-refractivity contribution in [2.24, 2.45) is 5.73 Å². The number of primary amides is 1. The SMILES string of the molecule is CC(=CCC(C)N(C)C)C(N)=O. The second-order valence-corrected chi connectivity index (χ2v) is 3.30. The third-order valence-electron chi connectivity index (χ3n) is 2.04. The van der Waals surface area contributed by atoms with Crippen molar-refractivity contribution >= 4 is 5.91 Å². The molecule has 1 amide bonds. The zero-order valence-corrected chi connectivity index (χ0v) is 8.29. The molecule has 0 spiro atoms. The number of hydrogen-bond donors (Lipinski definition) is 1. The predicted molar refractivity (Wildman–Crippen MR) is 50.7 cm³/mol. The normalized spacial score (nSPS) is 14.9. The second-order valence-electron chi connectivity index (χ2n) is 3.30. The van der Waals surface area contributed by atoms with Crippen LogP contribution >= 0.6 is 0 Å². The van der Waals surface area contributed by atoms with Gasteiger partial charge in [-0.15, -0.1) is 0 Å². The first-order chi connectivity index (χ1) is 5.45. The summed E-state index contributed by atoms with van der Waals surface area (Å²) in [4.78, 5) is 12.7. The molecule has 0 aromatic rings. The molecule has 1 unspecified atom stereocenters. The molecule has 0 heterocycles. The zero-order valence-electron chi connectivity index (χ0n) is 8.29. The minimum absolute atomic E-state index is 0.332. The number of amides is 1. The third kappa shape index (κ3) is 4.13. The smallest absolute Gasteiger partial charge is 0.244 e. The molecule has 12 heavy (non-hydrogen) atoms. The van der Waals surface area contributed by atoms with Crippen LogP contribution in [0.2, 0.25) is 0 Å². The van der Waals surface area contributed by atoms with Crippen molar-refractivity contribution in [1.29, 1.82) is 0 Å². The highest BCUT2D eigenvalue weighted by molar-refractivity contribution is 5.91. The number of carbonyl (C=O) groups excluding carboxylic acids is 1. The fraction of sp³-hybridized carbons (Fsp3) is 0.667. The molecule has 0 aliphatic heterocycles. The quantitative estimate of drug-likeness (QED) is 0.633. The molecule has 0 bridgehead atoms. The highest BCUT2D eigenvalue weighted by atomic mass is 16.1. The van der Waals surface area contributed by atoms with Crippen LogP contribution in [0.3, 0.4) is 0 Å². The highest BCUT2D eigenvalue weighted by Crippen LogP contribution is 2.02. The summed E-state index contributed by atoms with van der Waals surface area (Å²) >= 11 is 0. The Morgan fingerprint density at radius 1 is 1.58 bits per heavy atom. The number of rotatable bonds is 4. The summed E-state index contributed by atoms with van der Waals surface area (Å²) in [5.74, 6) is -0.332. The Kier molecular flexibility index (Phi) is 4.59. The first kappa shape index (κ1) is 11.2. The van der Waals surface area contributed by atoms with E-state index in [-0.39, 0.29) is 5.91 Å². The molecule has 1 atom stereocenters. The summed E-state index contributed by atoms with van der Waals surface area (Å²) in [7, 11) is 4.02. The lowest BCUT2D eigenvalue weighted by atomic mass is 10.1. The number of nitrogens with two attached hydrogens (primary N) is 1. The zero-order chi connectivity index (χ0) is 9.72. The summed E-state index contributed by atoms with van der Waals surface area (Å²) in [5.41, 5.74) is 5.72. The molecule has 0 aromatic heterocycles. The van der Waals surface area contributed by atoms with E-state index in [1.807, 2.05) is 20.2 Å². The lowest BCUT2D eigenvalue weighted by Crippen LogP contribution is -2.24. The van der Waals surface area contributed by atoms with Gasteiger partial charge in [-0.2, -0.15) is 0 Å². The van der Waals surface area contributed by atoms with Crippen LogP contribution in [0.4, 0.5) is 0 Å². The lowest BCUT2D eigenvalue weighted by molar-refractivity contribution is -0.114. The molecule has 3 nitrogen and oxygen atoms in total. The molecule has 0 aliphatic rings. The third-order valence-corrected chi connectivity index (χ3v) is 2.04. The molecule has 0 rings (SSSR count). The molecule has 0 aliphatic carbocycles. The maximum atomic E-state index is 10.6. The van der Waals surface area contributed by atoms with E-state index in [1.54, 1.807) is 6.92 Å². The maximum Gasteiger partial charge on any atom is 0.244 e. The van der Waals surface area contributed by atoms with Gasteiger partial charge in [-0.1, -0.05) is 6.08 Å². The Bertz CT molecular complexity index is 185. The summed E-state index contributed by atoms with van der Waals surface area (Å²) in [5, 5.41) is 0. The van der Waals surface area contributed by atoms with E-state index in [1.165, 1.54) is 0 Å². The largest absolute Gasteiger partial charge is 0.366 e. The van der Waals surface area contributed by atoms with Crippen molar-refractivity contribution in [3.05, 3.63) is 11.6 Å². The maximum absolute atomic E-state index is 10.6. The lowest BCUT2D eigenvalue weighted by Gasteiger charge is -2.17. The standard InChI is InChI=1S/C9H18N2O/c1-7(9(10)12)5-6-8(2)11(3)4/h5,8H,6H2,1-4H3,(H2,10,12). The van der Waals surface area contributed by atoms with Gasteiger partial charge >= 0.3 is 0 Å². The molecule has 2 N–H and O–H groups in total. The van der Waals surface area contributed by atoms with Crippen molar-refractivity contribution < 1.29 is 4.79 Å². The minimum Gasteiger partial charge on any atom is -0.366 e. The van der Waals surface area contributed by atoms with E-state index >= 15 is 0 Å². The molecule has 0 saturated heterocycles. The number of hydrogen-bond acceptors (Lipinski definition) is 2. The van der Waals surface area contributed by atoms with Gasteiger partial charge in [0.05, 0.1) is 0 Å². The van der Waals surface area contributed by atoms with E-state index in [2.05, 4.69) is 11.8 Å². The molecule has 0 saturated carbocycles. The molecular formula is C9H18N2O. The van der Waals surface area contributed by atoms with Crippen molar-refractivity contribution in [1.82, 2.24) is 4.90 Å². The predicted octanol–water partition coefficient (Wildman–Crippen LogP) is 0.758. The van der Waals surface area contributed by atoms with Crippen LogP contribution in [0.15, 0.2) is 11.6 Å². The van der Waals surface area contributed by atoms with Gasteiger partial charge in [0.1, 0.15) is 0 Å². The summed E-state index contributed by atoms with van der Waals surface area (Å²) in [6, 6.07) is 0.444. The molecule has 70 valence electrons. The van der Waals surface area contributed by atoms with Gasteiger partial charge in [-0.05, 0) is 34.4 Å². The monoisotopic (exact) mass is 170 g/mol. The summed E-state index contributed by atoms with van der Waals surface area (Å²) in [6.45, 7) is 3.84. The van der Waals surface area contributed by atoms with Crippen LogP contribution in [0.5, 0.6) is 0 Å². The van der Waals surface area contributed by atoms with Crippen molar-refractivity contribution in [2.75, 3.05) is 14.1 Å². The Morgan fingerprint density at radius 2 is 2.08 bits per heavy atom. The molecule has 0 fully saturated rings. The van der Waals surface area contributed by atoms with Crippen LogP contribution < -0.4 is 5.73 Å². The Morgan fingerprint density at radius 3 is 2.42 bits per heavy atom. The van der Waals surface area contributed by atoms with E-state index in [0.29, 0.717) is 11.6 Å². The van der Waals surface area contributed by atoms with Gasteiger partial charge in [0, 0.05) is 11.6 Å². The van der Waals surface area contributed by atoms with Crippen molar-refractivity contribution in [3.63, 3.8) is 0 Å². The van der Waals surface area contributed by atoms with E-state index in [0.717, 1.165) is 6.42 Å². The van der Waals surface area contributed by atoms with Gasteiger partial charge in [-0.3, -0.25) is 4.79 Å². The van der Waals surface area contributed by atoms with Crippen molar-refractivity contribution in [3.8, 4) is 0 Å². The number of nitrogens with zero attached hydrogens (tertiary/aromatic N) is 1. The topological polar surface area (TPSA) is 46.3 Å².